The summed E-state index contributed by atoms with van der Waals surface area (Å²) in [6, 6.07) is 11.2. The number of aromatic carboxylic acids is 1. The Bertz CT molecular complexity index is 795. The van der Waals surface area contributed by atoms with E-state index in [0.717, 1.165) is 22.7 Å². The number of benzene rings is 2. The number of carboxylic acid groups (broad SMARTS) is 1. The average molecular weight is 270 g/mol. The van der Waals surface area contributed by atoms with Crippen molar-refractivity contribution in [2.24, 2.45) is 0 Å². The molecule has 0 unspecified atom stereocenters. The van der Waals surface area contributed by atoms with E-state index in [1.807, 2.05) is 30.5 Å². The third kappa shape index (κ3) is 2.21. The molecule has 0 spiro atoms. The summed E-state index contributed by atoms with van der Waals surface area (Å²) >= 11 is 0. The van der Waals surface area contributed by atoms with Crippen LogP contribution in [0.25, 0.3) is 10.9 Å². The Labute approximate surface area is 113 Å². The first-order valence-electron chi connectivity index (χ1n) is 6.00. The molecule has 1 aromatic heterocycles. The number of halogens is 1. The molecule has 0 saturated heterocycles. The number of rotatable bonds is 3. The number of carbonyl (C=O) groups is 1. The van der Waals surface area contributed by atoms with Crippen LogP contribution in [0.3, 0.4) is 0 Å². The van der Waals surface area contributed by atoms with Crippen LogP contribution in [0.4, 0.5) is 15.8 Å². The normalized spacial score (nSPS) is 10.7. The summed E-state index contributed by atoms with van der Waals surface area (Å²) in [5.41, 5.74) is 1.99. The van der Waals surface area contributed by atoms with Gasteiger partial charge in [0.1, 0.15) is 5.82 Å². The van der Waals surface area contributed by atoms with Gasteiger partial charge in [-0.3, -0.25) is 0 Å². The lowest BCUT2D eigenvalue weighted by atomic mass is 10.1. The molecule has 20 heavy (non-hydrogen) atoms. The predicted octanol–water partition coefficient (Wildman–Crippen LogP) is 3.75. The third-order valence-electron chi connectivity index (χ3n) is 3.04. The molecule has 0 fully saturated rings. The van der Waals surface area contributed by atoms with Gasteiger partial charge in [0.2, 0.25) is 0 Å². The van der Waals surface area contributed by atoms with Crippen molar-refractivity contribution in [1.29, 1.82) is 0 Å². The lowest BCUT2D eigenvalue weighted by Gasteiger charge is -2.10. The van der Waals surface area contributed by atoms with Crippen LogP contribution >= 0.6 is 0 Å². The van der Waals surface area contributed by atoms with E-state index in [1.54, 1.807) is 0 Å². The van der Waals surface area contributed by atoms with Crippen molar-refractivity contribution in [3.05, 3.63) is 60.0 Å². The Hall–Kier alpha value is -2.82. The third-order valence-corrected chi connectivity index (χ3v) is 3.04. The molecule has 2 aromatic carbocycles. The van der Waals surface area contributed by atoms with Gasteiger partial charge >= 0.3 is 5.97 Å². The van der Waals surface area contributed by atoms with Crippen molar-refractivity contribution in [3.8, 4) is 0 Å². The number of aromatic nitrogens is 1. The minimum atomic E-state index is -1.17. The van der Waals surface area contributed by atoms with Gasteiger partial charge in [-0.25, -0.2) is 9.18 Å². The van der Waals surface area contributed by atoms with E-state index in [4.69, 9.17) is 5.11 Å². The van der Waals surface area contributed by atoms with Gasteiger partial charge in [0.05, 0.1) is 11.3 Å². The Balaban J connectivity index is 1.99. The molecule has 0 aliphatic carbocycles. The van der Waals surface area contributed by atoms with Crippen LogP contribution < -0.4 is 5.32 Å². The summed E-state index contributed by atoms with van der Waals surface area (Å²) in [6.45, 7) is 0. The summed E-state index contributed by atoms with van der Waals surface area (Å²) < 4.78 is 13.1. The Morgan fingerprint density at radius 2 is 2.00 bits per heavy atom. The fourth-order valence-electron chi connectivity index (χ4n) is 2.09. The van der Waals surface area contributed by atoms with Gasteiger partial charge in [-0.2, -0.15) is 0 Å². The van der Waals surface area contributed by atoms with Crippen LogP contribution in [0.5, 0.6) is 0 Å². The van der Waals surface area contributed by atoms with Crippen LogP contribution in [0.15, 0.2) is 48.7 Å². The molecule has 5 heteroatoms. The summed E-state index contributed by atoms with van der Waals surface area (Å²) in [7, 11) is 0. The van der Waals surface area contributed by atoms with E-state index in [1.165, 1.54) is 12.1 Å². The molecule has 3 N–H and O–H groups in total. The largest absolute Gasteiger partial charge is 0.478 e. The van der Waals surface area contributed by atoms with Gasteiger partial charge in [-0.15, -0.1) is 0 Å². The minimum Gasteiger partial charge on any atom is -0.478 e. The van der Waals surface area contributed by atoms with E-state index in [-0.39, 0.29) is 5.56 Å². The Kier molecular flexibility index (Phi) is 2.87. The summed E-state index contributed by atoms with van der Waals surface area (Å²) in [6.07, 6.45) is 1.83. The fraction of sp³-hybridized carbons (Fsp3) is 0. The first kappa shape index (κ1) is 12.2. The number of hydrogen-bond donors (Lipinski definition) is 3. The second-order valence-electron chi connectivity index (χ2n) is 4.40. The molecular weight excluding hydrogens is 259 g/mol. The molecule has 4 nitrogen and oxygen atoms in total. The van der Waals surface area contributed by atoms with E-state index in [0.29, 0.717) is 5.69 Å². The lowest BCUT2D eigenvalue weighted by molar-refractivity contribution is 0.0697. The van der Waals surface area contributed by atoms with Gasteiger partial charge in [0, 0.05) is 22.8 Å². The predicted molar refractivity (Wildman–Crippen MR) is 74.9 cm³/mol. The van der Waals surface area contributed by atoms with E-state index in [9.17, 15) is 9.18 Å². The second-order valence-corrected chi connectivity index (χ2v) is 4.40. The van der Waals surface area contributed by atoms with Gasteiger partial charge in [-0.1, -0.05) is 0 Å². The summed E-state index contributed by atoms with van der Waals surface area (Å²) in [5, 5.41) is 13.1. The molecule has 1 heterocycles. The van der Waals surface area contributed by atoms with Gasteiger partial charge in [0.25, 0.3) is 0 Å². The highest BCUT2D eigenvalue weighted by Gasteiger charge is 2.11. The quantitative estimate of drug-likeness (QED) is 0.679. The van der Waals surface area contributed by atoms with Crippen LogP contribution in [0.1, 0.15) is 10.4 Å². The van der Waals surface area contributed by atoms with Crippen LogP contribution in [0, 0.1) is 5.82 Å². The number of carboxylic acids is 1. The number of nitrogens with one attached hydrogen (secondary N) is 2. The van der Waals surface area contributed by atoms with Crippen molar-refractivity contribution < 1.29 is 14.3 Å². The van der Waals surface area contributed by atoms with Gasteiger partial charge in [-0.05, 0) is 42.5 Å². The smallest absolute Gasteiger partial charge is 0.337 e. The van der Waals surface area contributed by atoms with Crippen LogP contribution in [-0.4, -0.2) is 16.1 Å². The zero-order valence-corrected chi connectivity index (χ0v) is 10.4. The van der Waals surface area contributed by atoms with Gasteiger partial charge in [0.15, 0.2) is 0 Å². The Morgan fingerprint density at radius 1 is 1.15 bits per heavy atom. The van der Waals surface area contributed by atoms with Crippen molar-refractivity contribution in [2.45, 2.75) is 0 Å². The van der Waals surface area contributed by atoms with E-state index in [2.05, 4.69) is 10.3 Å². The molecule has 3 rings (SSSR count). The molecule has 0 bridgehead atoms. The highest BCUT2D eigenvalue weighted by atomic mass is 19.1. The molecule has 0 atom stereocenters. The average Bonchev–Trinajstić information content (AvgIpc) is 2.88. The van der Waals surface area contributed by atoms with Gasteiger partial charge < -0.3 is 15.4 Å². The second kappa shape index (κ2) is 4.70. The summed E-state index contributed by atoms with van der Waals surface area (Å²) in [5.74, 6) is -1.75. The highest BCUT2D eigenvalue weighted by molar-refractivity contribution is 5.95. The summed E-state index contributed by atoms with van der Waals surface area (Å²) in [4.78, 5) is 14.2. The maximum absolute atomic E-state index is 13.1. The molecule has 100 valence electrons. The number of anilines is 2. The molecule has 0 saturated carbocycles. The topological polar surface area (TPSA) is 65.1 Å². The highest BCUT2D eigenvalue weighted by Crippen LogP contribution is 2.24. The minimum absolute atomic E-state index is 0.0980. The zero-order valence-electron chi connectivity index (χ0n) is 10.4. The lowest BCUT2D eigenvalue weighted by Crippen LogP contribution is -2.03. The monoisotopic (exact) mass is 270 g/mol. The maximum atomic E-state index is 13.1. The number of H-pyrrole nitrogens is 1. The standard InChI is InChI=1S/C15H11FN2O2/c16-10-1-3-14(12(8-10)15(19)20)18-11-2-4-13-9(7-11)5-6-17-13/h1-8,17-18H,(H,19,20). The molecular formula is C15H11FN2O2. The first-order chi connectivity index (χ1) is 9.63. The molecule has 3 aromatic rings. The van der Waals surface area contributed by atoms with Crippen LogP contribution in [-0.2, 0) is 0 Å². The molecule has 0 amide bonds. The van der Waals surface area contributed by atoms with Crippen molar-refractivity contribution >= 4 is 28.2 Å². The van der Waals surface area contributed by atoms with Crippen molar-refractivity contribution in [1.82, 2.24) is 4.98 Å². The number of hydrogen-bond acceptors (Lipinski definition) is 2. The maximum Gasteiger partial charge on any atom is 0.337 e. The van der Waals surface area contributed by atoms with E-state index < -0.39 is 11.8 Å². The van der Waals surface area contributed by atoms with Crippen molar-refractivity contribution in [2.75, 3.05) is 5.32 Å². The molecule has 0 aliphatic heterocycles. The Morgan fingerprint density at radius 3 is 2.80 bits per heavy atom. The van der Waals surface area contributed by atoms with E-state index >= 15 is 0 Å². The number of fused-ring (bicyclic) bond motifs is 1. The van der Waals surface area contributed by atoms with Crippen molar-refractivity contribution in [3.63, 3.8) is 0 Å². The molecule has 0 radical (unpaired) electrons. The fourth-order valence-corrected chi connectivity index (χ4v) is 2.09. The number of aromatic amines is 1. The zero-order chi connectivity index (χ0) is 14.1. The van der Waals surface area contributed by atoms with Crippen LogP contribution in [0.2, 0.25) is 0 Å². The SMILES string of the molecule is O=C(O)c1cc(F)ccc1Nc1ccc2[nH]ccc2c1. The first-order valence-corrected chi connectivity index (χ1v) is 6.00. The molecule has 0 aliphatic rings.